The van der Waals surface area contributed by atoms with Gasteiger partial charge in [0, 0.05) is 4.47 Å². The molecular weight excluding hydrogens is 315 g/mol. The standard InChI is InChI=1S/C12H8BrFN4O/c13-6-1-3-9(7(14)5-6)16-10-4-2-8(15)11-12(10)18-19-17-11/h1-5,16H,15H2. The molecule has 0 aliphatic rings. The largest absolute Gasteiger partial charge is 0.397 e. The second kappa shape index (κ2) is 4.51. The minimum Gasteiger partial charge on any atom is -0.397 e. The lowest BCUT2D eigenvalue weighted by atomic mass is 10.2. The molecule has 7 heteroatoms. The van der Waals surface area contributed by atoms with Gasteiger partial charge in [0.2, 0.25) is 0 Å². The number of nitrogen functional groups attached to an aromatic ring is 1. The molecule has 3 rings (SSSR count). The van der Waals surface area contributed by atoms with E-state index in [-0.39, 0.29) is 5.82 Å². The first-order valence-corrected chi connectivity index (χ1v) is 6.17. The first-order valence-electron chi connectivity index (χ1n) is 5.38. The zero-order valence-electron chi connectivity index (χ0n) is 9.52. The van der Waals surface area contributed by atoms with Crippen molar-refractivity contribution < 1.29 is 9.02 Å². The molecule has 0 aliphatic heterocycles. The molecule has 0 bridgehead atoms. The molecule has 1 aromatic heterocycles. The van der Waals surface area contributed by atoms with Gasteiger partial charge in [-0.3, -0.25) is 0 Å². The molecule has 1 heterocycles. The molecule has 0 aliphatic carbocycles. The highest BCUT2D eigenvalue weighted by Crippen LogP contribution is 2.29. The Morgan fingerprint density at radius 3 is 2.63 bits per heavy atom. The van der Waals surface area contributed by atoms with Gasteiger partial charge in [-0.1, -0.05) is 15.9 Å². The summed E-state index contributed by atoms with van der Waals surface area (Å²) in [6.45, 7) is 0. The summed E-state index contributed by atoms with van der Waals surface area (Å²) >= 11 is 3.20. The fourth-order valence-electron chi connectivity index (χ4n) is 1.72. The summed E-state index contributed by atoms with van der Waals surface area (Å²) in [5, 5.41) is 10.4. The van der Waals surface area contributed by atoms with E-state index in [1.165, 1.54) is 6.07 Å². The van der Waals surface area contributed by atoms with Gasteiger partial charge in [0.1, 0.15) is 5.82 Å². The van der Waals surface area contributed by atoms with Gasteiger partial charge in [-0.2, -0.15) is 0 Å². The summed E-state index contributed by atoms with van der Waals surface area (Å²) in [5.41, 5.74) is 8.01. The third kappa shape index (κ3) is 2.12. The molecule has 19 heavy (non-hydrogen) atoms. The van der Waals surface area contributed by atoms with E-state index < -0.39 is 0 Å². The molecule has 2 aromatic carbocycles. The van der Waals surface area contributed by atoms with Gasteiger partial charge < -0.3 is 11.1 Å². The molecule has 0 atom stereocenters. The Labute approximate surface area is 115 Å². The lowest BCUT2D eigenvalue weighted by Gasteiger charge is -2.08. The van der Waals surface area contributed by atoms with Crippen molar-refractivity contribution in [2.45, 2.75) is 0 Å². The van der Waals surface area contributed by atoms with Crippen LogP contribution in [0.5, 0.6) is 0 Å². The molecule has 0 unspecified atom stereocenters. The number of hydrogen-bond donors (Lipinski definition) is 2. The summed E-state index contributed by atoms with van der Waals surface area (Å²) in [6, 6.07) is 8.09. The average Bonchev–Trinajstić information content (AvgIpc) is 2.86. The van der Waals surface area contributed by atoms with Crippen molar-refractivity contribution in [2.75, 3.05) is 11.1 Å². The molecule has 0 radical (unpaired) electrons. The smallest absolute Gasteiger partial charge is 0.160 e. The Hall–Kier alpha value is -2.15. The number of benzene rings is 2. The van der Waals surface area contributed by atoms with Gasteiger partial charge in [-0.15, -0.1) is 0 Å². The molecule has 0 saturated carbocycles. The van der Waals surface area contributed by atoms with Crippen molar-refractivity contribution in [3.8, 4) is 0 Å². The summed E-state index contributed by atoms with van der Waals surface area (Å²) < 4.78 is 19.1. The zero-order chi connectivity index (χ0) is 13.4. The van der Waals surface area contributed by atoms with Crippen molar-refractivity contribution in [3.05, 3.63) is 40.6 Å². The van der Waals surface area contributed by atoms with Gasteiger partial charge in [-0.25, -0.2) is 9.02 Å². The van der Waals surface area contributed by atoms with Gasteiger partial charge in [-0.05, 0) is 40.6 Å². The molecule has 0 spiro atoms. The van der Waals surface area contributed by atoms with Crippen LogP contribution in [0.15, 0.2) is 39.4 Å². The molecular formula is C12H8BrFN4O. The molecule has 3 N–H and O–H groups in total. The monoisotopic (exact) mass is 322 g/mol. The maximum Gasteiger partial charge on any atom is 0.160 e. The van der Waals surface area contributed by atoms with Crippen molar-refractivity contribution in [1.82, 2.24) is 10.3 Å². The molecule has 5 nitrogen and oxygen atoms in total. The maximum absolute atomic E-state index is 13.8. The first-order chi connectivity index (χ1) is 9.15. The summed E-state index contributed by atoms with van der Waals surface area (Å²) in [7, 11) is 0. The fraction of sp³-hybridized carbons (Fsp3) is 0. The van der Waals surface area contributed by atoms with E-state index in [4.69, 9.17) is 5.73 Å². The summed E-state index contributed by atoms with van der Waals surface area (Å²) in [4.78, 5) is 0. The number of hydrogen-bond acceptors (Lipinski definition) is 5. The van der Waals surface area contributed by atoms with E-state index in [1.807, 2.05) is 0 Å². The van der Waals surface area contributed by atoms with Crippen LogP contribution in [-0.2, 0) is 0 Å². The normalized spacial score (nSPS) is 10.8. The van der Waals surface area contributed by atoms with E-state index in [0.29, 0.717) is 32.6 Å². The maximum atomic E-state index is 13.8. The number of anilines is 3. The van der Waals surface area contributed by atoms with Crippen molar-refractivity contribution in [2.24, 2.45) is 0 Å². The van der Waals surface area contributed by atoms with Gasteiger partial charge in [0.15, 0.2) is 11.0 Å². The third-order valence-electron chi connectivity index (χ3n) is 2.65. The van der Waals surface area contributed by atoms with Gasteiger partial charge in [0.25, 0.3) is 0 Å². The second-order valence-corrected chi connectivity index (χ2v) is 4.83. The molecule has 0 fully saturated rings. The van der Waals surface area contributed by atoms with Crippen molar-refractivity contribution in [3.63, 3.8) is 0 Å². The van der Waals surface area contributed by atoms with Crippen LogP contribution in [0.1, 0.15) is 0 Å². The Bertz CT molecular complexity index is 759. The number of rotatable bonds is 2. The number of nitrogens with one attached hydrogen (secondary N) is 1. The number of fused-ring (bicyclic) bond motifs is 1. The summed E-state index contributed by atoms with van der Waals surface area (Å²) in [5.74, 6) is -0.379. The van der Waals surface area contributed by atoms with Crippen molar-refractivity contribution in [1.29, 1.82) is 0 Å². The van der Waals surface area contributed by atoms with Crippen LogP contribution in [0.25, 0.3) is 11.0 Å². The SMILES string of the molecule is Nc1ccc(Nc2ccc(Br)cc2F)c2nonc12. The minimum absolute atomic E-state index is 0.331. The predicted octanol–water partition coefficient (Wildman–Crippen LogP) is 3.45. The number of halogens is 2. The Morgan fingerprint density at radius 1 is 1.11 bits per heavy atom. The first kappa shape index (κ1) is 11.9. The predicted molar refractivity (Wildman–Crippen MR) is 73.6 cm³/mol. The highest BCUT2D eigenvalue weighted by molar-refractivity contribution is 9.10. The van der Waals surface area contributed by atoms with E-state index in [9.17, 15) is 4.39 Å². The number of aromatic nitrogens is 2. The van der Waals surface area contributed by atoms with Gasteiger partial charge in [0.05, 0.1) is 17.1 Å². The summed E-state index contributed by atoms with van der Waals surface area (Å²) in [6.07, 6.45) is 0. The van der Waals surface area contributed by atoms with E-state index >= 15 is 0 Å². The topological polar surface area (TPSA) is 77.0 Å². The Morgan fingerprint density at radius 2 is 1.84 bits per heavy atom. The molecule has 0 amide bonds. The second-order valence-electron chi connectivity index (χ2n) is 3.91. The lowest BCUT2D eigenvalue weighted by Crippen LogP contribution is -1.96. The Balaban J connectivity index is 2.06. The minimum atomic E-state index is -0.379. The zero-order valence-corrected chi connectivity index (χ0v) is 11.1. The van der Waals surface area contributed by atoms with Crippen LogP contribution in [0.2, 0.25) is 0 Å². The van der Waals surface area contributed by atoms with E-state index in [2.05, 4.69) is 36.2 Å². The van der Waals surface area contributed by atoms with Crippen LogP contribution < -0.4 is 11.1 Å². The molecule has 0 saturated heterocycles. The Kier molecular flexibility index (Phi) is 2.83. The number of nitrogens with two attached hydrogens (primary N) is 1. The van der Waals surface area contributed by atoms with Crippen LogP contribution in [0.3, 0.4) is 0 Å². The van der Waals surface area contributed by atoms with Gasteiger partial charge >= 0.3 is 0 Å². The van der Waals surface area contributed by atoms with Crippen LogP contribution >= 0.6 is 15.9 Å². The average molecular weight is 323 g/mol. The fourth-order valence-corrected chi connectivity index (χ4v) is 2.06. The van der Waals surface area contributed by atoms with E-state index in [1.54, 1.807) is 24.3 Å². The van der Waals surface area contributed by atoms with Crippen molar-refractivity contribution >= 4 is 44.0 Å². The van der Waals surface area contributed by atoms with Crippen LogP contribution in [0, 0.1) is 5.82 Å². The van der Waals surface area contributed by atoms with Crippen LogP contribution in [0.4, 0.5) is 21.5 Å². The van der Waals surface area contributed by atoms with E-state index in [0.717, 1.165) is 0 Å². The molecule has 3 aromatic rings. The highest BCUT2D eigenvalue weighted by Gasteiger charge is 2.11. The molecule has 96 valence electrons. The van der Waals surface area contributed by atoms with Crippen LogP contribution in [-0.4, -0.2) is 10.3 Å². The lowest BCUT2D eigenvalue weighted by molar-refractivity contribution is 0.316. The third-order valence-corrected chi connectivity index (χ3v) is 3.14. The highest BCUT2D eigenvalue weighted by atomic mass is 79.9. The quantitative estimate of drug-likeness (QED) is 0.706. The number of nitrogens with zero attached hydrogens (tertiary/aromatic N) is 2.